The smallest absolute Gasteiger partial charge is 0.100 e. The first-order valence-corrected chi connectivity index (χ1v) is 10.7. The minimum atomic E-state index is -0.768. The van der Waals surface area contributed by atoms with E-state index in [1.54, 1.807) is 0 Å². The minimum Gasteiger partial charge on any atom is -0.394 e. The zero-order chi connectivity index (χ0) is 19.9. The first-order valence-electron chi connectivity index (χ1n) is 10.7. The molecule has 0 aliphatic heterocycles. The van der Waals surface area contributed by atoms with Gasteiger partial charge in [0.05, 0.1) is 38.6 Å². The second kappa shape index (κ2) is 16.3. The predicted octanol–water partition coefficient (Wildman–Crippen LogP) is 1.87. The zero-order valence-electron chi connectivity index (χ0n) is 18.2. The van der Waals surface area contributed by atoms with E-state index in [1.807, 2.05) is 0 Å². The van der Waals surface area contributed by atoms with Crippen molar-refractivity contribution >= 4 is 0 Å². The van der Waals surface area contributed by atoms with Crippen molar-refractivity contribution in [1.82, 2.24) is 0 Å². The van der Waals surface area contributed by atoms with E-state index in [2.05, 4.69) is 13.8 Å². The molecule has 6 nitrogen and oxygen atoms in total. The third kappa shape index (κ3) is 10.6. The van der Waals surface area contributed by atoms with Crippen LogP contribution in [0.1, 0.15) is 65.2 Å². The molecule has 2 unspecified atom stereocenters. The Morgan fingerprint density at radius 1 is 0.690 bits per heavy atom. The Labute approximate surface area is 248 Å². The maximum Gasteiger partial charge on any atom is 0.100 e. The zero-order valence-corrected chi connectivity index (χ0v) is 27.7. The Hall–Kier alpha value is 2.64. The molecule has 2 atom stereocenters. The molecule has 2 radical (unpaired) electrons. The second-order valence-electron chi connectivity index (χ2n) is 9.11. The van der Waals surface area contributed by atoms with E-state index in [0.717, 1.165) is 51.4 Å². The van der Waals surface area contributed by atoms with E-state index in [9.17, 15) is 10.2 Å². The van der Waals surface area contributed by atoms with Crippen LogP contribution in [-0.2, 0) is 9.47 Å². The van der Waals surface area contributed by atoms with Gasteiger partial charge < -0.3 is 29.9 Å². The van der Waals surface area contributed by atoms with Crippen LogP contribution in [0.25, 0.3) is 0 Å². The molecule has 8 heteroatoms. The van der Waals surface area contributed by atoms with Gasteiger partial charge in [0, 0.05) is 88.1 Å². The van der Waals surface area contributed by atoms with Crippen LogP contribution >= 0.6 is 0 Å². The molecule has 29 heavy (non-hydrogen) atoms. The van der Waals surface area contributed by atoms with E-state index in [-0.39, 0.29) is 127 Å². The molecule has 166 valence electrons. The fourth-order valence-electron chi connectivity index (χ4n) is 4.88. The monoisotopic (exact) mass is 842 g/mol. The van der Waals surface area contributed by atoms with Crippen LogP contribution in [0.15, 0.2) is 0 Å². The van der Waals surface area contributed by atoms with Gasteiger partial charge in [0.25, 0.3) is 0 Å². The van der Waals surface area contributed by atoms with Crippen LogP contribution in [0, 0.1) is 105 Å². The molecule has 2 rings (SSSR count). The van der Waals surface area contributed by atoms with Gasteiger partial charge in [-0.1, -0.05) is 13.8 Å². The van der Waals surface area contributed by atoms with Gasteiger partial charge in [-0.2, -0.15) is 0 Å². The number of aliphatic hydroxyl groups excluding tert-OH is 4. The van der Waals surface area contributed by atoms with E-state index >= 15 is 0 Å². The van der Waals surface area contributed by atoms with Crippen molar-refractivity contribution in [2.45, 2.75) is 89.6 Å². The summed E-state index contributed by atoms with van der Waals surface area (Å²) in [6, 6.07) is 0. The molecule has 0 aromatic carbocycles. The van der Waals surface area contributed by atoms with Crippen molar-refractivity contribution in [3.63, 3.8) is 0 Å². The minimum absolute atomic E-state index is 0. The molecule has 2 saturated carbocycles. The van der Waals surface area contributed by atoms with Gasteiger partial charge in [-0.05, 0) is 68.6 Å². The summed E-state index contributed by atoms with van der Waals surface area (Å²) < 4.78 is 11.5. The van der Waals surface area contributed by atoms with Crippen LogP contribution in [0.3, 0.4) is 0 Å². The van der Waals surface area contributed by atoms with Crippen molar-refractivity contribution < 1.29 is 118 Å². The van der Waals surface area contributed by atoms with Crippen LogP contribution in [0.5, 0.6) is 0 Å². The summed E-state index contributed by atoms with van der Waals surface area (Å²) in [5, 5.41) is 36.6. The summed E-state index contributed by atoms with van der Waals surface area (Å²) in [5.41, 5.74) is 0.297. The van der Waals surface area contributed by atoms with Gasteiger partial charge in [0.15, 0.2) is 0 Å². The molecule has 2 fully saturated rings. The van der Waals surface area contributed by atoms with E-state index in [0.29, 0.717) is 17.3 Å². The van der Waals surface area contributed by atoms with Crippen LogP contribution in [-0.4, -0.2) is 71.3 Å². The summed E-state index contributed by atoms with van der Waals surface area (Å²) in [5.74, 6) is 1.39. The van der Waals surface area contributed by atoms with Gasteiger partial charge in [0.1, 0.15) is 12.2 Å². The molecule has 2 aliphatic rings. The Morgan fingerprint density at radius 3 is 1.28 bits per heavy atom. The molecule has 0 saturated heterocycles. The average molecular weight is 843 g/mol. The Morgan fingerprint density at radius 2 is 1.00 bits per heavy atom. The summed E-state index contributed by atoms with van der Waals surface area (Å²) in [7, 11) is 0. The van der Waals surface area contributed by atoms with Gasteiger partial charge in [-0.25, -0.2) is 0 Å². The third-order valence-electron chi connectivity index (χ3n) is 6.92. The van der Waals surface area contributed by atoms with E-state index < -0.39 is 12.2 Å². The summed E-state index contributed by atoms with van der Waals surface area (Å²) in [6.45, 7) is 4.79. The number of hydrogen-bond donors (Lipinski definition) is 4. The quantitative estimate of drug-likeness (QED) is 0.269. The Kier molecular flexibility index (Phi) is 17.8. The Balaban J connectivity index is 0.00000392. The standard InChI is InChI=1S/C21H40O6.2Ac/c1-21(2,15-3-7-19(8-4-15)26-13-17(24)11-22)16-5-9-20(10-6-16)27-14-18(25)12-23;;/h15-20,22-25H,3-14H2,1-2H3;;. The van der Waals surface area contributed by atoms with Crippen LogP contribution < -0.4 is 0 Å². The van der Waals surface area contributed by atoms with Gasteiger partial charge in [-0.3, -0.25) is 0 Å². The molecule has 0 spiro atoms. The van der Waals surface area contributed by atoms with Crippen molar-refractivity contribution in [3.05, 3.63) is 0 Å². The van der Waals surface area contributed by atoms with Crippen LogP contribution in [0.2, 0.25) is 0 Å². The second-order valence-corrected chi connectivity index (χ2v) is 9.11. The topological polar surface area (TPSA) is 99.4 Å². The third-order valence-corrected chi connectivity index (χ3v) is 6.92. The average Bonchev–Trinajstić information content (AvgIpc) is 2.70. The summed E-state index contributed by atoms with van der Waals surface area (Å²) in [4.78, 5) is 0. The van der Waals surface area contributed by atoms with Gasteiger partial charge in [-0.15, -0.1) is 0 Å². The number of aliphatic hydroxyl groups is 4. The van der Waals surface area contributed by atoms with Crippen molar-refractivity contribution in [1.29, 1.82) is 0 Å². The maximum atomic E-state index is 9.43. The number of hydrogen-bond acceptors (Lipinski definition) is 6. The molecule has 0 amide bonds. The van der Waals surface area contributed by atoms with E-state index in [1.165, 1.54) is 0 Å². The first-order chi connectivity index (χ1) is 12.9. The van der Waals surface area contributed by atoms with Gasteiger partial charge in [0.2, 0.25) is 0 Å². The van der Waals surface area contributed by atoms with Crippen molar-refractivity contribution in [2.24, 2.45) is 17.3 Å². The summed E-state index contributed by atoms with van der Waals surface area (Å²) in [6.07, 6.45) is 7.64. The fraction of sp³-hybridized carbons (Fsp3) is 1.00. The normalized spacial score (nSPS) is 30.0. The van der Waals surface area contributed by atoms with Crippen molar-refractivity contribution in [2.75, 3.05) is 26.4 Å². The number of rotatable bonds is 10. The molecule has 2 aliphatic carbocycles. The molecule has 0 aromatic heterocycles. The molecular weight excluding hydrogens is 802 g/mol. The molecule has 0 heterocycles. The predicted molar refractivity (Wildman–Crippen MR) is 103 cm³/mol. The van der Waals surface area contributed by atoms with Crippen LogP contribution in [0.4, 0.5) is 0 Å². The largest absolute Gasteiger partial charge is 0.394 e. The molecule has 0 bridgehead atoms. The first kappa shape index (κ1) is 31.6. The van der Waals surface area contributed by atoms with Crippen molar-refractivity contribution in [3.8, 4) is 0 Å². The Bertz CT molecular complexity index is 374. The number of ether oxygens (including phenoxy) is 2. The van der Waals surface area contributed by atoms with Gasteiger partial charge >= 0.3 is 0 Å². The summed E-state index contributed by atoms with van der Waals surface area (Å²) >= 11 is 0. The maximum absolute atomic E-state index is 9.43. The molecule has 0 aromatic rings. The van der Waals surface area contributed by atoms with E-state index in [4.69, 9.17) is 19.7 Å². The fourth-order valence-corrected chi connectivity index (χ4v) is 4.88. The molecular formula is C21H40Ac2O6. The SMILES string of the molecule is CC(C)(C1CCC(OCC(O)CO)CC1)C1CCC(OCC(O)CO)CC1.[Ac].[Ac]. The molecule has 4 N–H and O–H groups in total.